The molecule has 0 spiro atoms. The molecular formula is C19H22N4O2. The van der Waals surface area contributed by atoms with Gasteiger partial charge in [0.1, 0.15) is 11.7 Å². The number of rotatable bonds is 1. The number of amides is 1. The lowest BCUT2D eigenvalue weighted by molar-refractivity contribution is 0.00232. The number of nitriles is 2. The van der Waals surface area contributed by atoms with E-state index in [1.54, 1.807) is 12.3 Å². The summed E-state index contributed by atoms with van der Waals surface area (Å²) in [5.41, 5.74) is -0.0148. The van der Waals surface area contributed by atoms with Crippen LogP contribution in [0.25, 0.3) is 0 Å². The summed E-state index contributed by atoms with van der Waals surface area (Å²) in [6, 6.07) is 6.27. The summed E-state index contributed by atoms with van der Waals surface area (Å²) >= 11 is 0. The molecule has 25 heavy (non-hydrogen) atoms. The van der Waals surface area contributed by atoms with Gasteiger partial charge in [-0.3, -0.25) is 4.98 Å². The van der Waals surface area contributed by atoms with E-state index < -0.39 is 11.0 Å². The van der Waals surface area contributed by atoms with Gasteiger partial charge in [0, 0.05) is 24.5 Å². The Labute approximate surface area is 148 Å². The number of ether oxygens (including phenoxy) is 1. The number of pyridine rings is 1. The molecule has 0 radical (unpaired) electrons. The summed E-state index contributed by atoms with van der Waals surface area (Å²) < 4.78 is 5.55. The first-order chi connectivity index (χ1) is 11.8. The largest absolute Gasteiger partial charge is 0.444 e. The molecule has 0 saturated carbocycles. The molecule has 3 rings (SSSR count). The van der Waals surface area contributed by atoms with Crippen molar-refractivity contribution >= 4 is 6.09 Å². The van der Waals surface area contributed by atoms with Crippen LogP contribution in [0, 0.1) is 22.7 Å². The van der Waals surface area contributed by atoms with Crippen molar-refractivity contribution in [1.29, 1.82) is 10.5 Å². The van der Waals surface area contributed by atoms with E-state index in [0.29, 0.717) is 18.4 Å². The summed E-state index contributed by atoms with van der Waals surface area (Å²) in [7, 11) is 0. The van der Waals surface area contributed by atoms with E-state index in [0.717, 1.165) is 18.4 Å². The number of hydrogen-bond acceptors (Lipinski definition) is 5. The van der Waals surface area contributed by atoms with Crippen molar-refractivity contribution in [2.75, 3.05) is 0 Å². The summed E-state index contributed by atoms with van der Waals surface area (Å²) in [5.74, 6) is 0. The Morgan fingerprint density at radius 1 is 1.28 bits per heavy atom. The average molecular weight is 338 g/mol. The maximum atomic E-state index is 12.6. The van der Waals surface area contributed by atoms with Crippen molar-refractivity contribution < 1.29 is 9.53 Å². The van der Waals surface area contributed by atoms with Gasteiger partial charge < -0.3 is 9.64 Å². The quantitative estimate of drug-likeness (QED) is 0.784. The first-order valence-corrected chi connectivity index (χ1v) is 8.56. The van der Waals surface area contributed by atoms with E-state index in [9.17, 15) is 10.1 Å². The van der Waals surface area contributed by atoms with E-state index in [-0.39, 0.29) is 18.2 Å². The summed E-state index contributed by atoms with van der Waals surface area (Å²) in [5, 5.41) is 19.1. The van der Waals surface area contributed by atoms with Crippen molar-refractivity contribution in [1.82, 2.24) is 9.88 Å². The van der Waals surface area contributed by atoms with E-state index >= 15 is 0 Å². The topological polar surface area (TPSA) is 90.0 Å². The molecule has 0 aliphatic carbocycles. The van der Waals surface area contributed by atoms with Crippen LogP contribution in [0.15, 0.2) is 18.5 Å². The van der Waals surface area contributed by atoms with Crippen LogP contribution in [0.5, 0.6) is 0 Å². The SMILES string of the molecule is CC(C)(C)OC(=O)N1[C@@H]2CC[C@H]1C[C@](C#N)(c1cncc(C#N)c1)C2. The van der Waals surface area contributed by atoms with Crippen molar-refractivity contribution in [3.05, 3.63) is 29.6 Å². The Bertz CT molecular complexity index is 755. The third-order valence-corrected chi connectivity index (χ3v) is 5.03. The zero-order valence-electron chi connectivity index (χ0n) is 14.8. The zero-order valence-corrected chi connectivity index (χ0v) is 14.8. The maximum Gasteiger partial charge on any atom is 0.410 e. The Kier molecular flexibility index (Phi) is 4.16. The highest BCUT2D eigenvalue weighted by molar-refractivity contribution is 5.70. The molecule has 1 amide bonds. The Balaban J connectivity index is 1.88. The highest BCUT2D eigenvalue weighted by atomic mass is 16.6. The molecule has 2 aliphatic heterocycles. The number of hydrogen-bond donors (Lipinski definition) is 0. The Morgan fingerprint density at radius 2 is 1.92 bits per heavy atom. The molecule has 1 aromatic heterocycles. The zero-order chi connectivity index (χ0) is 18.2. The van der Waals surface area contributed by atoms with Crippen LogP contribution in [-0.4, -0.2) is 33.7 Å². The first-order valence-electron chi connectivity index (χ1n) is 8.56. The number of carbonyl (C=O) groups excluding carboxylic acids is 1. The van der Waals surface area contributed by atoms with Crippen molar-refractivity contribution in [3.63, 3.8) is 0 Å². The minimum Gasteiger partial charge on any atom is -0.444 e. The van der Waals surface area contributed by atoms with Gasteiger partial charge in [0.25, 0.3) is 0 Å². The predicted molar refractivity (Wildman–Crippen MR) is 90.4 cm³/mol. The van der Waals surface area contributed by atoms with Crippen LogP contribution in [0.1, 0.15) is 57.6 Å². The van der Waals surface area contributed by atoms with Crippen molar-refractivity contribution in [3.8, 4) is 12.1 Å². The molecule has 6 nitrogen and oxygen atoms in total. The predicted octanol–water partition coefficient (Wildman–Crippen LogP) is 3.28. The van der Waals surface area contributed by atoms with Gasteiger partial charge >= 0.3 is 6.09 Å². The molecule has 3 heterocycles. The second-order valence-electron chi connectivity index (χ2n) is 7.95. The molecule has 2 aliphatic rings. The van der Waals surface area contributed by atoms with E-state index in [1.807, 2.05) is 25.7 Å². The van der Waals surface area contributed by atoms with Crippen molar-refractivity contribution in [2.24, 2.45) is 0 Å². The third-order valence-electron chi connectivity index (χ3n) is 5.03. The standard InChI is InChI=1S/C19H22N4O2/c1-18(2,3)25-17(24)23-15-4-5-16(23)8-19(7-15,12-21)14-6-13(9-20)10-22-11-14/h6,10-11,15-16H,4-5,7-8H2,1-3H3/t15-,16+,19-. The number of carbonyl (C=O) groups is 1. The van der Waals surface area contributed by atoms with Gasteiger partial charge in [-0.25, -0.2) is 4.79 Å². The molecule has 130 valence electrons. The molecule has 3 atom stereocenters. The van der Waals surface area contributed by atoms with E-state index in [2.05, 4.69) is 17.1 Å². The fraction of sp³-hybridized carbons (Fsp3) is 0.579. The third kappa shape index (κ3) is 3.17. The lowest BCUT2D eigenvalue weighted by atomic mass is 9.71. The molecule has 2 fully saturated rings. The average Bonchev–Trinajstić information content (AvgIpc) is 2.85. The second kappa shape index (κ2) is 6.04. The molecule has 2 saturated heterocycles. The maximum absolute atomic E-state index is 12.6. The smallest absolute Gasteiger partial charge is 0.410 e. The number of fused-ring (bicyclic) bond motifs is 2. The fourth-order valence-corrected chi connectivity index (χ4v) is 4.02. The number of aromatic nitrogens is 1. The lowest BCUT2D eigenvalue weighted by Gasteiger charge is -2.43. The minimum atomic E-state index is -0.704. The number of piperidine rings is 1. The second-order valence-corrected chi connectivity index (χ2v) is 7.95. The van der Waals surface area contributed by atoms with Crippen LogP contribution in [0.4, 0.5) is 4.79 Å². The van der Waals surface area contributed by atoms with Crippen LogP contribution in [0.2, 0.25) is 0 Å². The van der Waals surface area contributed by atoms with Gasteiger partial charge in [0.05, 0.1) is 17.0 Å². The summed E-state index contributed by atoms with van der Waals surface area (Å²) in [6.45, 7) is 5.57. The van der Waals surface area contributed by atoms with Crippen LogP contribution < -0.4 is 0 Å². The molecule has 2 bridgehead atoms. The summed E-state index contributed by atoms with van der Waals surface area (Å²) in [4.78, 5) is 18.5. The van der Waals surface area contributed by atoms with Crippen LogP contribution in [-0.2, 0) is 10.2 Å². The molecule has 0 unspecified atom stereocenters. The minimum absolute atomic E-state index is 0.0148. The van der Waals surface area contributed by atoms with Crippen molar-refractivity contribution in [2.45, 2.75) is 69.6 Å². The lowest BCUT2D eigenvalue weighted by Crippen LogP contribution is -2.52. The van der Waals surface area contributed by atoms with Crippen LogP contribution in [0.3, 0.4) is 0 Å². The monoisotopic (exact) mass is 338 g/mol. The van der Waals surface area contributed by atoms with E-state index in [4.69, 9.17) is 10.00 Å². The van der Waals surface area contributed by atoms with Gasteiger partial charge in [-0.2, -0.15) is 10.5 Å². The molecule has 0 aromatic carbocycles. The molecule has 0 N–H and O–H groups in total. The molecule has 6 heteroatoms. The van der Waals surface area contributed by atoms with Gasteiger partial charge in [-0.1, -0.05) is 0 Å². The Hall–Kier alpha value is -2.60. The highest BCUT2D eigenvalue weighted by Gasteiger charge is 2.52. The van der Waals surface area contributed by atoms with Crippen LogP contribution >= 0.6 is 0 Å². The van der Waals surface area contributed by atoms with Gasteiger partial charge in [0.15, 0.2) is 0 Å². The van der Waals surface area contributed by atoms with Gasteiger partial charge in [-0.05, 0) is 58.1 Å². The van der Waals surface area contributed by atoms with E-state index in [1.165, 1.54) is 6.20 Å². The Morgan fingerprint density at radius 3 is 2.44 bits per heavy atom. The normalized spacial score (nSPS) is 28.1. The highest BCUT2D eigenvalue weighted by Crippen LogP contribution is 2.47. The summed E-state index contributed by atoms with van der Waals surface area (Å²) in [6.07, 6.45) is 5.73. The fourth-order valence-electron chi connectivity index (χ4n) is 4.02. The number of nitrogens with zero attached hydrogens (tertiary/aromatic N) is 4. The first kappa shape index (κ1) is 17.2. The molecular weight excluding hydrogens is 316 g/mol. The van der Waals surface area contributed by atoms with Gasteiger partial charge in [-0.15, -0.1) is 0 Å². The van der Waals surface area contributed by atoms with Gasteiger partial charge in [0.2, 0.25) is 0 Å². The molecule has 1 aromatic rings.